The van der Waals surface area contributed by atoms with Crippen molar-refractivity contribution in [3.63, 3.8) is 0 Å². The maximum absolute atomic E-state index is 13.0. The maximum Gasteiger partial charge on any atom is 0.257 e. The van der Waals surface area contributed by atoms with E-state index in [9.17, 15) is 9.90 Å². The van der Waals surface area contributed by atoms with E-state index in [1.165, 1.54) is 24.0 Å². The van der Waals surface area contributed by atoms with Crippen molar-refractivity contribution in [1.29, 1.82) is 0 Å². The normalized spacial score (nSPS) is 14.3. The summed E-state index contributed by atoms with van der Waals surface area (Å²) in [4.78, 5) is 19.4. The summed E-state index contributed by atoms with van der Waals surface area (Å²) in [5.74, 6) is -0.0734. The van der Waals surface area contributed by atoms with Crippen LogP contribution in [0.4, 0.5) is 11.4 Å². The number of benzene rings is 2. The molecular weight excluding hydrogens is 412 g/mol. The van der Waals surface area contributed by atoms with Crippen LogP contribution in [-0.2, 0) is 6.42 Å². The fraction of sp³-hybridized carbons (Fsp3) is 0.333. The van der Waals surface area contributed by atoms with Gasteiger partial charge in [0.05, 0.1) is 11.7 Å². The number of pyridine rings is 1. The summed E-state index contributed by atoms with van der Waals surface area (Å²) in [6, 6.07) is 17.7. The molecular formula is C27H32N4O2. The average molecular weight is 445 g/mol. The molecule has 6 nitrogen and oxygen atoms in total. The molecule has 3 aromatic rings. The van der Waals surface area contributed by atoms with Gasteiger partial charge in [-0.25, -0.2) is 0 Å². The molecule has 1 aliphatic heterocycles. The summed E-state index contributed by atoms with van der Waals surface area (Å²) in [7, 11) is 0. The molecule has 0 unspecified atom stereocenters. The Morgan fingerprint density at radius 2 is 1.91 bits per heavy atom. The topological polar surface area (TPSA) is 77.5 Å². The first-order valence-corrected chi connectivity index (χ1v) is 11.6. The fourth-order valence-electron chi connectivity index (χ4n) is 4.17. The Bertz CT molecular complexity index is 1050. The molecule has 1 aliphatic rings. The van der Waals surface area contributed by atoms with Crippen LogP contribution in [0.5, 0.6) is 0 Å². The summed E-state index contributed by atoms with van der Waals surface area (Å²) in [6.45, 7) is 5.31. The van der Waals surface area contributed by atoms with Crippen LogP contribution in [-0.4, -0.2) is 42.2 Å². The number of carbonyl (C=O) groups excluding carboxylic acids is 1. The third kappa shape index (κ3) is 6.18. The van der Waals surface area contributed by atoms with Crippen molar-refractivity contribution in [2.24, 2.45) is 0 Å². The molecule has 0 radical (unpaired) electrons. The standard InChI is InChI=1S/C27H32N4O2/c1-20-6-11-24(25(17-20)31-15-2-3-16-31)27(33)30-23-9-7-21(8-10-23)12-14-29-19-26(32)22-5-4-13-28-18-22/h4-11,13,17-18,26,29,32H,2-3,12,14-16,19H2,1H3,(H,30,33)/t26-/m0/s1. The lowest BCUT2D eigenvalue weighted by Gasteiger charge is -2.21. The van der Waals surface area contributed by atoms with Crippen molar-refractivity contribution < 1.29 is 9.90 Å². The lowest BCUT2D eigenvalue weighted by Crippen LogP contribution is -2.24. The predicted octanol–water partition coefficient (Wildman–Crippen LogP) is 4.11. The second kappa shape index (κ2) is 11.1. The molecule has 2 aromatic carbocycles. The van der Waals surface area contributed by atoms with E-state index < -0.39 is 6.10 Å². The number of hydrogen-bond donors (Lipinski definition) is 3. The second-order valence-electron chi connectivity index (χ2n) is 8.62. The smallest absolute Gasteiger partial charge is 0.257 e. The molecule has 0 bridgehead atoms. The first kappa shape index (κ1) is 23.0. The van der Waals surface area contributed by atoms with Crippen molar-refractivity contribution >= 4 is 17.3 Å². The maximum atomic E-state index is 13.0. The van der Waals surface area contributed by atoms with Crippen LogP contribution in [0.3, 0.4) is 0 Å². The predicted molar refractivity (Wildman–Crippen MR) is 133 cm³/mol. The van der Waals surface area contributed by atoms with Gasteiger partial charge in [0.25, 0.3) is 5.91 Å². The lowest BCUT2D eigenvalue weighted by molar-refractivity contribution is 0.102. The Morgan fingerprint density at radius 3 is 2.64 bits per heavy atom. The van der Waals surface area contributed by atoms with E-state index >= 15 is 0 Å². The zero-order valence-corrected chi connectivity index (χ0v) is 19.1. The van der Waals surface area contributed by atoms with Gasteiger partial charge >= 0.3 is 0 Å². The molecule has 0 saturated carbocycles. The number of anilines is 2. The van der Waals surface area contributed by atoms with E-state index in [-0.39, 0.29) is 5.91 Å². The largest absolute Gasteiger partial charge is 0.387 e. The van der Waals surface area contributed by atoms with Crippen molar-refractivity contribution in [3.8, 4) is 0 Å². The van der Waals surface area contributed by atoms with E-state index in [0.717, 1.165) is 48.6 Å². The molecule has 172 valence electrons. The Labute approximate surface area is 195 Å². The highest BCUT2D eigenvalue weighted by molar-refractivity contribution is 6.08. The summed E-state index contributed by atoms with van der Waals surface area (Å²) in [5.41, 5.74) is 5.69. The first-order valence-electron chi connectivity index (χ1n) is 11.6. The van der Waals surface area contributed by atoms with E-state index in [1.54, 1.807) is 12.4 Å². The molecule has 4 rings (SSSR count). The van der Waals surface area contributed by atoms with Crippen LogP contribution in [0.15, 0.2) is 67.0 Å². The number of aliphatic hydroxyl groups is 1. The van der Waals surface area contributed by atoms with Gasteiger partial charge in [-0.3, -0.25) is 9.78 Å². The Kier molecular flexibility index (Phi) is 7.70. The summed E-state index contributed by atoms with van der Waals surface area (Å²) in [5, 5.41) is 16.5. The Morgan fingerprint density at radius 1 is 1.12 bits per heavy atom. The Hall–Kier alpha value is -3.22. The molecule has 6 heteroatoms. The van der Waals surface area contributed by atoms with Gasteiger partial charge in [0.15, 0.2) is 0 Å². The molecule has 0 aliphatic carbocycles. The SMILES string of the molecule is Cc1ccc(C(=O)Nc2ccc(CCNC[C@H](O)c3cccnc3)cc2)c(N2CCCC2)c1. The molecule has 1 fully saturated rings. The first-order chi connectivity index (χ1) is 16.1. The molecule has 33 heavy (non-hydrogen) atoms. The molecule has 0 spiro atoms. The van der Waals surface area contributed by atoms with Gasteiger partial charge in [-0.15, -0.1) is 0 Å². The molecule has 1 atom stereocenters. The lowest BCUT2D eigenvalue weighted by atomic mass is 10.1. The van der Waals surface area contributed by atoms with Gasteiger partial charge in [-0.05, 0) is 74.2 Å². The average Bonchev–Trinajstić information content (AvgIpc) is 3.38. The molecule has 2 heterocycles. The van der Waals surface area contributed by atoms with Crippen molar-refractivity contribution in [2.45, 2.75) is 32.3 Å². The van der Waals surface area contributed by atoms with Crippen LogP contribution in [0.1, 0.15) is 46.0 Å². The molecule has 1 aromatic heterocycles. The highest BCUT2D eigenvalue weighted by Crippen LogP contribution is 2.27. The summed E-state index contributed by atoms with van der Waals surface area (Å²) >= 11 is 0. The van der Waals surface area contributed by atoms with Crippen molar-refractivity contribution in [1.82, 2.24) is 10.3 Å². The van der Waals surface area contributed by atoms with Crippen molar-refractivity contribution in [3.05, 3.63) is 89.2 Å². The number of aliphatic hydroxyl groups excluding tert-OH is 1. The molecule has 1 saturated heterocycles. The van der Waals surface area contributed by atoms with Crippen molar-refractivity contribution in [2.75, 3.05) is 36.4 Å². The van der Waals surface area contributed by atoms with Crippen LogP contribution in [0.25, 0.3) is 0 Å². The summed E-state index contributed by atoms with van der Waals surface area (Å²) in [6.07, 6.45) is 6.00. The number of rotatable bonds is 9. The minimum atomic E-state index is -0.566. The third-order valence-corrected chi connectivity index (χ3v) is 6.05. The van der Waals surface area contributed by atoms with E-state index in [1.807, 2.05) is 48.5 Å². The number of hydrogen-bond acceptors (Lipinski definition) is 5. The number of aryl methyl sites for hydroxylation is 1. The Balaban J connectivity index is 1.29. The fourth-order valence-corrected chi connectivity index (χ4v) is 4.17. The zero-order valence-electron chi connectivity index (χ0n) is 19.1. The van der Waals surface area contributed by atoms with Gasteiger partial charge in [0, 0.05) is 49.0 Å². The van der Waals surface area contributed by atoms with Crippen LogP contribution in [0, 0.1) is 6.92 Å². The monoisotopic (exact) mass is 444 g/mol. The third-order valence-electron chi connectivity index (χ3n) is 6.05. The minimum absolute atomic E-state index is 0.0734. The second-order valence-corrected chi connectivity index (χ2v) is 8.62. The van der Waals surface area contributed by atoms with Gasteiger partial charge in [-0.2, -0.15) is 0 Å². The number of amides is 1. The molecule has 1 amide bonds. The van der Waals surface area contributed by atoms with Gasteiger partial charge in [-0.1, -0.05) is 24.3 Å². The number of nitrogens with zero attached hydrogens (tertiary/aromatic N) is 2. The van der Waals surface area contributed by atoms with Crippen LogP contribution in [0.2, 0.25) is 0 Å². The van der Waals surface area contributed by atoms with Gasteiger partial charge in [0.2, 0.25) is 0 Å². The van der Waals surface area contributed by atoms with Gasteiger partial charge in [0.1, 0.15) is 0 Å². The highest BCUT2D eigenvalue weighted by atomic mass is 16.3. The summed E-state index contributed by atoms with van der Waals surface area (Å²) < 4.78 is 0. The highest BCUT2D eigenvalue weighted by Gasteiger charge is 2.19. The van der Waals surface area contributed by atoms with E-state index in [4.69, 9.17) is 0 Å². The zero-order chi connectivity index (χ0) is 23.0. The number of nitrogens with one attached hydrogen (secondary N) is 2. The van der Waals surface area contributed by atoms with Crippen LogP contribution < -0.4 is 15.5 Å². The number of aromatic nitrogens is 1. The quantitative estimate of drug-likeness (QED) is 0.433. The molecule has 3 N–H and O–H groups in total. The number of carbonyl (C=O) groups is 1. The van der Waals surface area contributed by atoms with E-state index in [2.05, 4.69) is 33.5 Å². The van der Waals surface area contributed by atoms with E-state index in [0.29, 0.717) is 6.54 Å². The van der Waals surface area contributed by atoms with Crippen LogP contribution >= 0.6 is 0 Å². The van der Waals surface area contributed by atoms with Gasteiger partial charge < -0.3 is 20.6 Å². The minimum Gasteiger partial charge on any atom is -0.387 e.